The van der Waals surface area contributed by atoms with Crippen molar-refractivity contribution in [2.75, 3.05) is 5.32 Å². The number of carbonyl (C=O) groups is 1. The largest absolute Gasteiger partial charge is 0.436 e. The van der Waals surface area contributed by atoms with Crippen molar-refractivity contribution in [2.24, 2.45) is 13.0 Å². The van der Waals surface area contributed by atoms with Gasteiger partial charge in [0, 0.05) is 35.7 Å². The van der Waals surface area contributed by atoms with Crippen LogP contribution in [0.1, 0.15) is 23.6 Å². The summed E-state index contributed by atoms with van der Waals surface area (Å²) in [6.07, 6.45) is 3.76. The van der Waals surface area contributed by atoms with Crippen molar-refractivity contribution in [1.82, 2.24) is 14.8 Å². The van der Waals surface area contributed by atoms with Gasteiger partial charge in [0.25, 0.3) is 0 Å². The number of carbonyl (C=O) groups excluding carboxylic acids is 1. The zero-order valence-corrected chi connectivity index (χ0v) is 16.1. The lowest BCUT2D eigenvalue weighted by Gasteiger charge is -2.10. The number of anilines is 1. The first-order valence-electron chi connectivity index (χ1n) is 8.82. The Morgan fingerprint density at radius 1 is 1.36 bits per heavy atom. The highest BCUT2D eigenvalue weighted by Crippen LogP contribution is 2.51. The molecular weight excluding hydrogens is 383 g/mol. The van der Waals surface area contributed by atoms with Crippen LogP contribution in [0.3, 0.4) is 0 Å². The molecule has 3 aromatic rings. The van der Waals surface area contributed by atoms with Gasteiger partial charge < -0.3 is 10.1 Å². The maximum atomic E-state index is 14.1. The Bertz CT molecular complexity index is 1020. The number of benzene rings is 1. The summed E-state index contributed by atoms with van der Waals surface area (Å²) in [5, 5.41) is 7.55. The molecular formula is C20H18ClFN4O2. The third-order valence-corrected chi connectivity index (χ3v) is 5.09. The molecule has 144 valence electrons. The van der Waals surface area contributed by atoms with Crippen molar-refractivity contribution in [3.8, 4) is 11.6 Å². The van der Waals surface area contributed by atoms with E-state index in [2.05, 4.69) is 15.4 Å². The summed E-state index contributed by atoms with van der Waals surface area (Å²) in [5.74, 6) is -0.237. The second-order valence-corrected chi connectivity index (χ2v) is 7.16. The topological polar surface area (TPSA) is 69.0 Å². The quantitative estimate of drug-likeness (QED) is 0.687. The van der Waals surface area contributed by atoms with Gasteiger partial charge in [0.2, 0.25) is 11.8 Å². The maximum Gasteiger partial charge on any atom is 0.241 e. The second-order valence-electron chi connectivity index (χ2n) is 6.75. The molecule has 2 aromatic heterocycles. The highest BCUT2D eigenvalue weighted by atomic mass is 35.5. The third kappa shape index (κ3) is 3.45. The summed E-state index contributed by atoms with van der Waals surface area (Å²) in [6.45, 7) is 1.78. The lowest BCUT2D eigenvalue weighted by atomic mass is 10.1. The van der Waals surface area contributed by atoms with Crippen LogP contribution in [0.15, 0.2) is 42.7 Å². The Labute approximate surface area is 166 Å². The molecule has 0 saturated heterocycles. The summed E-state index contributed by atoms with van der Waals surface area (Å²) in [4.78, 5) is 16.8. The molecule has 1 amide bonds. The average Bonchev–Trinajstić information content (AvgIpc) is 3.40. The molecule has 1 saturated carbocycles. The minimum atomic E-state index is -0.383. The van der Waals surface area contributed by atoms with Gasteiger partial charge in [-0.25, -0.2) is 9.07 Å². The number of amides is 1. The highest BCUT2D eigenvalue weighted by molar-refractivity contribution is 6.31. The molecule has 0 aliphatic heterocycles. The van der Waals surface area contributed by atoms with Crippen LogP contribution < -0.4 is 10.1 Å². The summed E-state index contributed by atoms with van der Waals surface area (Å²) < 4.78 is 21.5. The van der Waals surface area contributed by atoms with E-state index in [1.54, 1.807) is 55.3 Å². The molecule has 1 N–H and O–H groups in total. The van der Waals surface area contributed by atoms with Gasteiger partial charge in [-0.1, -0.05) is 17.7 Å². The van der Waals surface area contributed by atoms with E-state index in [0.717, 1.165) is 0 Å². The van der Waals surface area contributed by atoms with Gasteiger partial charge >= 0.3 is 0 Å². The number of rotatable bonds is 5. The summed E-state index contributed by atoms with van der Waals surface area (Å²) in [7, 11) is 1.73. The van der Waals surface area contributed by atoms with Crippen LogP contribution in [0.2, 0.25) is 5.02 Å². The average molecular weight is 401 g/mol. The molecule has 1 aliphatic rings. The smallest absolute Gasteiger partial charge is 0.241 e. The van der Waals surface area contributed by atoms with E-state index < -0.39 is 0 Å². The molecule has 6 nitrogen and oxygen atoms in total. The lowest BCUT2D eigenvalue weighted by Crippen LogP contribution is -2.15. The molecule has 8 heteroatoms. The van der Waals surface area contributed by atoms with Crippen LogP contribution in [-0.2, 0) is 11.8 Å². The number of nitrogens with zero attached hydrogens (tertiary/aromatic N) is 3. The van der Waals surface area contributed by atoms with Crippen LogP contribution >= 0.6 is 11.6 Å². The fourth-order valence-electron chi connectivity index (χ4n) is 3.30. The van der Waals surface area contributed by atoms with E-state index >= 15 is 0 Å². The predicted molar refractivity (Wildman–Crippen MR) is 103 cm³/mol. The van der Waals surface area contributed by atoms with Crippen molar-refractivity contribution in [2.45, 2.75) is 19.3 Å². The lowest BCUT2D eigenvalue weighted by molar-refractivity contribution is -0.117. The number of ether oxygens (including phenoxy) is 1. The molecule has 0 bridgehead atoms. The molecule has 2 unspecified atom stereocenters. The summed E-state index contributed by atoms with van der Waals surface area (Å²) in [5.41, 5.74) is 1.51. The van der Waals surface area contributed by atoms with Crippen LogP contribution in [0.25, 0.3) is 0 Å². The number of aromatic nitrogens is 3. The monoisotopic (exact) mass is 400 g/mol. The van der Waals surface area contributed by atoms with Gasteiger partial charge in [-0.05, 0) is 37.6 Å². The zero-order valence-electron chi connectivity index (χ0n) is 15.3. The summed E-state index contributed by atoms with van der Waals surface area (Å²) in [6, 6.07) is 8.07. The number of aryl methyl sites for hydroxylation is 2. The Kier molecular flexibility index (Phi) is 4.77. The first-order chi connectivity index (χ1) is 13.5. The van der Waals surface area contributed by atoms with E-state index in [9.17, 15) is 9.18 Å². The van der Waals surface area contributed by atoms with Gasteiger partial charge in [-0.15, -0.1) is 0 Å². The van der Waals surface area contributed by atoms with Gasteiger partial charge in [0.1, 0.15) is 17.3 Å². The van der Waals surface area contributed by atoms with Crippen LogP contribution in [0.4, 0.5) is 10.1 Å². The SMILES string of the molecule is Cc1nn(C)c(Oc2cccnc2)c1NC(=O)C1CC1c1c(F)cccc1Cl. The van der Waals surface area contributed by atoms with Gasteiger partial charge in [0.15, 0.2) is 0 Å². The van der Waals surface area contributed by atoms with Crippen molar-refractivity contribution in [3.05, 3.63) is 64.8 Å². The van der Waals surface area contributed by atoms with Crippen molar-refractivity contribution in [3.63, 3.8) is 0 Å². The number of nitrogens with one attached hydrogen (secondary N) is 1. The highest BCUT2D eigenvalue weighted by Gasteiger charge is 2.46. The Balaban J connectivity index is 1.53. The van der Waals surface area contributed by atoms with Gasteiger partial charge in [-0.2, -0.15) is 5.10 Å². The van der Waals surface area contributed by atoms with E-state index in [0.29, 0.717) is 40.0 Å². The fraction of sp³-hybridized carbons (Fsp3) is 0.250. The minimum Gasteiger partial charge on any atom is -0.436 e. The Morgan fingerprint density at radius 3 is 2.89 bits per heavy atom. The van der Waals surface area contributed by atoms with Crippen molar-refractivity contribution in [1.29, 1.82) is 0 Å². The molecule has 2 atom stereocenters. The van der Waals surface area contributed by atoms with Crippen molar-refractivity contribution < 1.29 is 13.9 Å². The van der Waals surface area contributed by atoms with Gasteiger partial charge in [0.05, 0.1) is 11.9 Å². The van der Waals surface area contributed by atoms with E-state index in [1.807, 2.05) is 0 Å². The third-order valence-electron chi connectivity index (χ3n) is 4.76. The van der Waals surface area contributed by atoms with E-state index in [1.165, 1.54) is 6.07 Å². The number of halogens is 2. The molecule has 4 rings (SSSR count). The first-order valence-corrected chi connectivity index (χ1v) is 9.19. The molecule has 0 radical (unpaired) electrons. The predicted octanol–water partition coefficient (Wildman–Crippen LogP) is 4.45. The molecule has 2 heterocycles. The first kappa shape index (κ1) is 18.4. The molecule has 1 aliphatic carbocycles. The van der Waals surface area contributed by atoms with Gasteiger partial charge in [-0.3, -0.25) is 9.78 Å². The summed E-state index contributed by atoms with van der Waals surface area (Å²) >= 11 is 6.13. The molecule has 0 spiro atoms. The van der Waals surface area contributed by atoms with Crippen LogP contribution in [0, 0.1) is 18.7 Å². The standard InChI is InChI=1S/C20H18ClFN4O2/c1-11-18(20(26(2)25-11)28-12-5-4-8-23-10-12)24-19(27)14-9-13(14)17-15(21)6-3-7-16(17)22/h3-8,10,13-14H,9H2,1-2H3,(H,24,27). The van der Waals surface area contributed by atoms with E-state index in [-0.39, 0.29) is 23.6 Å². The number of hydrogen-bond acceptors (Lipinski definition) is 4. The molecule has 1 fully saturated rings. The molecule has 28 heavy (non-hydrogen) atoms. The van der Waals surface area contributed by atoms with E-state index in [4.69, 9.17) is 16.3 Å². The Hall–Kier alpha value is -2.93. The van der Waals surface area contributed by atoms with Crippen LogP contribution in [-0.4, -0.2) is 20.7 Å². The second kappa shape index (κ2) is 7.24. The maximum absolute atomic E-state index is 14.1. The van der Waals surface area contributed by atoms with Crippen LogP contribution in [0.5, 0.6) is 11.6 Å². The fourth-order valence-corrected chi connectivity index (χ4v) is 3.60. The Morgan fingerprint density at radius 2 is 2.18 bits per heavy atom. The number of hydrogen-bond donors (Lipinski definition) is 1. The number of pyridine rings is 1. The van der Waals surface area contributed by atoms with Crippen molar-refractivity contribution >= 4 is 23.2 Å². The molecule has 1 aromatic carbocycles. The normalized spacial score (nSPS) is 18.0. The minimum absolute atomic E-state index is 0.212. The zero-order chi connectivity index (χ0) is 19.8.